The molecule has 7 heteroatoms. The number of benzene rings is 2. The van der Waals surface area contributed by atoms with E-state index < -0.39 is 11.1 Å². The molecular formula is C19H15ClN2O3S. The summed E-state index contributed by atoms with van der Waals surface area (Å²) in [4.78, 5) is 16.8. The van der Waals surface area contributed by atoms with Crippen LogP contribution in [-0.4, -0.2) is 19.7 Å². The minimum atomic E-state index is -1.96. The standard InChI is InChI=1S/C19H15ClN2O3S/c20-17-8-7-15(11-16(17)18-6-1-2-9-21-18)22-19(23)14-5-3-4-13(10-14)12-26(24)25/h1-11H,12H2,(H,22,23)(H,24,25). The van der Waals surface area contributed by atoms with Gasteiger partial charge >= 0.3 is 0 Å². The Kier molecular flexibility index (Phi) is 5.78. The van der Waals surface area contributed by atoms with Crippen LogP contribution in [0.4, 0.5) is 5.69 Å². The average molecular weight is 387 g/mol. The number of pyridine rings is 1. The van der Waals surface area contributed by atoms with E-state index in [0.717, 1.165) is 5.56 Å². The number of amides is 1. The topological polar surface area (TPSA) is 79.3 Å². The number of hydrogen-bond donors (Lipinski definition) is 2. The summed E-state index contributed by atoms with van der Waals surface area (Å²) in [6.07, 6.45) is 1.67. The fourth-order valence-corrected chi connectivity index (χ4v) is 3.15. The Balaban J connectivity index is 1.83. The third-order valence-electron chi connectivity index (χ3n) is 3.64. The molecule has 0 bridgehead atoms. The van der Waals surface area contributed by atoms with Crippen LogP contribution >= 0.6 is 11.6 Å². The smallest absolute Gasteiger partial charge is 0.255 e. The SMILES string of the molecule is O=C(Nc1ccc(Cl)c(-c2ccccn2)c1)c1cccc(CS(=O)O)c1. The predicted octanol–water partition coefficient (Wildman–Crippen LogP) is 4.38. The second-order valence-corrected chi connectivity index (χ2v) is 6.87. The van der Waals surface area contributed by atoms with E-state index in [0.29, 0.717) is 27.5 Å². The molecule has 3 rings (SSSR count). The van der Waals surface area contributed by atoms with Gasteiger partial charge in [-0.15, -0.1) is 0 Å². The summed E-state index contributed by atoms with van der Waals surface area (Å²) in [6, 6.07) is 17.3. The fourth-order valence-electron chi connectivity index (χ4n) is 2.47. The summed E-state index contributed by atoms with van der Waals surface area (Å²) >= 11 is 4.29. The Morgan fingerprint density at radius 1 is 1.12 bits per heavy atom. The van der Waals surface area contributed by atoms with Crippen molar-refractivity contribution >= 4 is 34.3 Å². The monoisotopic (exact) mass is 386 g/mol. The molecule has 0 saturated heterocycles. The van der Waals surface area contributed by atoms with Crippen molar-refractivity contribution in [3.05, 3.63) is 83.0 Å². The van der Waals surface area contributed by atoms with Gasteiger partial charge in [-0.25, -0.2) is 4.21 Å². The maximum atomic E-state index is 12.5. The third-order valence-corrected chi connectivity index (χ3v) is 4.55. The molecule has 132 valence electrons. The van der Waals surface area contributed by atoms with E-state index in [4.69, 9.17) is 16.2 Å². The van der Waals surface area contributed by atoms with Gasteiger partial charge < -0.3 is 9.87 Å². The zero-order valence-corrected chi connectivity index (χ0v) is 15.1. The second-order valence-electron chi connectivity index (χ2n) is 5.53. The van der Waals surface area contributed by atoms with E-state index >= 15 is 0 Å². The molecular weight excluding hydrogens is 372 g/mol. The van der Waals surface area contributed by atoms with Gasteiger partial charge in [-0.05, 0) is 48.0 Å². The number of nitrogens with one attached hydrogen (secondary N) is 1. The first-order valence-electron chi connectivity index (χ1n) is 7.71. The van der Waals surface area contributed by atoms with Gasteiger partial charge in [-0.2, -0.15) is 0 Å². The summed E-state index contributed by atoms with van der Waals surface area (Å²) in [7, 11) is 0. The maximum Gasteiger partial charge on any atom is 0.255 e. The van der Waals surface area contributed by atoms with Crippen molar-refractivity contribution in [1.82, 2.24) is 4.98 Å². The number of carbonyl (C=O) groups is 1. The number of carbonyl (C=O) groups excluding carboxylic acids is 1. The van der Waals surface area contributed by atoms with Crippen molar-refractivity contribution in [2.45, 2.75) is 5.75 Å². The van der Waals surface area contributed by atoms with E-state index in [1.165, 1.54) is 0 Å². The molecule has 1 amide bonds. The highest BCUT2D eigenvalue weighted by atomic mass is 35.5. The highest BCUT2D eigenvalue weighted by molar-refractivity contribution is 7.78. The second kappa shape index (κ2) is 8.23. The molecule has 1 atom stereocenters. The van der Waals surface area contributed by atoms with Crippen LogP contribution in [0.3, 0.4) is 0 Å². The Bertz CT molecular complexity index is 964. The van der Waals surface area contributed by atoms with Gasteiger partial charge in [0.2, 0.25) is 0 Å². The summed E-state index contributed by atoms with van der Waals surface area (Å²) < 4.78 is 19.9. The Labute approximate surface area is 158 Å². The number of halogens is 1. The molecule has 0 radical (unpaired) electrons. The fraction of sp³-hybridized carbons (Fsp3) is 0.0526. The molecule has 0 fully saturated rings. The lowest BCUT2D eigenvalue weighted by Gasteiger charge is -2.10. The lowest BCUT2D eigenvalue weighted by Crippen LogP contribution is -2.12. The number of nitrogens with zero attached hydrogens (tertiary/aromatic N) is 1. The van der Waals surface area contributed by atoms with Crippen molar-refractivity contribution in [2.24, 2.45) is 0 Å². The van der Waals surface area contributed by atoms with E-state index in [-0.39, 0.29) is 11.7 Å². The van der Waals surface area contributed by atoms with E-state index in [2.05, 4.69) is 10.3 Å². The zero-order valence-electron chi connectivity index (χ0n) is 13.6. The molecule has 0 aliphatic rings. The zero-order chi connectivity index (χ0) is 18.5. The largest absolute Gasteiger partial charge is 0.322 e. The van der Waals surface area contributed by atoms with Crippen LogP contribution in [0.2, 0.25) is 5.02 Å². The molecule has 2 N–H and O–H groups in total. The average Bonchev–Trinajstić information content (AvgIpc) is 2.63. The minimum Gasteiger partial charge on any atom is -0.322 e. The van der Waals surface area contributed by atoms with Crippen LogP contribution in [0.5, 0.6) is 0 Å². The lowest BCUT2D eigenvalue weighted by atomic mass is 10.1. The van der Waals surface area contributed by atoms with Gasteiger partial charge in [-0.1, -0.05) is 29.8 Å². The number of hydrogen-bond acceptors (Lipinski definition) is 3. The highest BCUT2D eigenvalue weighted by Gasteiger charge is 2.11. The quantitative estimate of drug-likeness (QED) is 0.638. The first-order valence-corrected chi connectivity index (χ1v) is 9.37. The maximum absolute atomic E-state index is 12.5. The molecule has 1 heterocycles. The molecule has 1 aromatic heterocycles. The van der Waals surface area contributed by atoms with E-state index in [9.17, 15) is 9.00 Å². The number of aromatic nitrogens is 1. The predicted molar refractivity (Wildman–Crippen MR) is 104 cm³/mol. The third kappa shape index (κ3) is 4.54. The van der Waals surface area contributed by atoms with Crippen LogP contribution in [0.1, 0.15) is 15.9 Å². The first kappa shape index (κ1) is 18.3. The van der Waals surface area contributed by atoms with Gasteiger partial charge in [0.1, 0.15) is 0 Å². The van der Waals surface area contributed by atoms with E-state index in [1.54, 1.807) is 48.7 Å². The van der Waals surface area contributed by atoms with Gasteiger partial charge in [0.05, 0.1) is 16.5 Å². The first-order chi connectivity index (χ1) is 12.5. The molecule has 3 aromatic rings. The Morgan fingerprint density at radius 2 is 1.96 bits per heavy atom. The van der Waals surface area contributed by atoms with Gasteiger partial charge in [0, 0.05) is 23.0 Å². The molecule has 0 aliphatic carbocycles. The molecule has 2 aromatic carbocycles. The van der Waals surface area contributed by atoms with Crippen LogP contribution in [0, 0.1) is 0 Å². The molecule has 1 unspecified atom stereocenters. The lowest BCUT2D eigenvalue weighted by molar-refractivity contribution is 0.102. The van der Waals surface area contributed by atoms with Gasteiger partial charge in [0.15, 0.2) is 11.1 Å². The summed E-state index contributed by atoms with van der Waals surface area (Å²) in [6.45, 7) is 0. The van der Waals surface area contributed by atoms with Crippen molar-refractivity contribution in [2.75, 3.05) is 5.32 Å². The number of anilines is 1. The molecule has 0 saturated carbocycles. The van der Waals surface area contributed by atoms with Gasteiger partial charge in [0.25, 0.3) is 5.91 Å². The van der Waals surface area contributed by atoms with Crippen molar-refractivity contribution in [3.63, 3.8) is 0 Å². The van der Waals surface area contributed by atoms with Crippen molar-refractivity contribution < 1.29 is 13.6 Å². The van der Waals surface area contributed by atoms with Gasteiger partial charge in [-0.3, -0.25) is 9.78 Å². The summed E-state index contributed by atoms with van der Waals surface area (Å²) in [5, 5.41) is 3.35. The minimum absolute atomic E-state index is 0.0219. The normalized spacial score (nSPS) is 11.8. The molecule has 26 heavy (non-hydrogen) atoms. The molecule has 0 aliphatic heterocycles. The van der Waals surface area contributed by atoms with Crippen LogP contribution in [0.15, 0.2) is 66.9 Å². The van der Waals surface area contributed by atoms with Crippen molar-refractivity contribution in [1.29, 1.82) is 0 Å². The summed E-state index contributed by atoms with van der Waals surface area (Å²) in [5.74, 6) is -0.337. The molecule has 5 nitrogen and oxygen atoms in total. The van der Waals surface area contributed by atoms with Crippen LogP contribution in [-0.2, 0) is 16.8 Å². The Hall–Kier alpha value is -2.54. The van der Waals surface area contributed by atoms with E-state index in [1.807, 2.05) is 18.2 Å². The van der Waals surface area contributed by atoms with Crippen LogP contribution < -0.4 is 5.32 Å². The number of rotatable bonds is 5. The van der Waals surface area contributed by atoms with Crippen LogP contribution in [0.25, 0.3) is 11.3 Å². The Morgan fingerprint density at radius 3 is 2.69 bits per heavy atom. The molecule has 0 spiro atoms. The van der Waals surface area contributed by atoms with Crippen molar-refractivity contribution in [3.8, 4) is 11.3 Å². The highest BCUT2D eigenvalue weighted by Crippen LogP contribution is 2.29. The summed E-state index contributed by atoms with van der Waals surface area (Å²) in [5.41, 5.74) is 3.03.